The Morgan fingerprint density at radius 2 is 1.90 bits per heavy atom. The van der Waals surface area contributed by atoms with Gasteiger partial charge in [0.2, 0.25) is 0 Å². The van der Waals surface area contributed by atoms with Crippen LogP contribution in [0.25, 0.3) is 10.8 Å². The van der Waals surface area contributed by atoms with Gasteiger partial charge in [-0.05, 0) is 55.4 Å². The minimum absolute atomic E-state index is 0.0102. The van der Waals surface area contributed by atoms with Gasteiger partial charge in [0.15, 0.2) is 0 Å². The van der Waals surface area contributed by atoms with E-state index in [1.54, 1.807) is 36.3 Å². The highest BCUT2D eigenvalue weighted by Gasteiger charge is 2.59. The number of rotatable bonds is 9. The van der Waals surface area contributed by atoms with Crippen molar-refractivity contribution in [3.8, 4) is 0 Å². The van der Waals surface area contributed by atoms with Gasteiger partial charge in [-0.2, -0.15) is 0 Å². The zero-order valence-corrected chi connectivity index (χ0v) is 24.2. The molecule has 3 aromatic rings. The van der Waals surface area contributed by atoms with Gasteiger partial charge in [0.25, 0.3) is 0 Å². The molecule has 1 aromatic heterocycles. The van der Waals surface area contributed by atoms with Crippen molar-refractivity contribution in [2.45, 2.75) is 24.9 Å². The van der Waals surface area contributed by atoms with Crippen LogP contribution in [0, 0.1) is 11.7 Å². The fraction of sp³-hybridized carbons (Fsp3) is 0.433. The Bertz CT molecular complexity index is 1400. The molecule has 1 saturated heterocycles. The number of amides is 3. The molecule has 2 aromatic carbocycles. The van der Waals surface area contributed by atoms with Crippen LogP contribution in [0.15, 0.2) is 54.7 Å². The lowest BCUT2D eigenvalue weighted by Crippen LogP contribution is -2.49. The molecular weight excluding hydrogens is 547 g/mol. The number of carbonyl (C=O) groups excluding carboxylic acids is 2. The monoisotopic (exact) mass is 582 g/mol. The van der Waals surface area contributed by atoms with E-state index in [1.165, 1.54) is 6.07 Å². The average molecular weight is 583 g/mol. The van der Waals surface area contributed by atoms with Gasteiger partial charge in [-0.15, -0.1) is 0 Å². The van der Waals surface area contributed by atoms with E-state index in [-0.39, 0.29) is 30.1 Å². The van der Waals surface area contributed by atoms with Crippen molar-refractivity contribution in [2.75, 3.05) is 58.7 Å². The van der Waals surface area contributed by atoms with E-state index in [2.05, 4.69) is 32.5 Å². The molecule has 1 saturated carbocycles. The molecule has 2 N–H and O–H groups in total. The molecule has 9 nitrogen and oxygen atoms in total. The van der Waals surface area contributed by atoms with Crippen LogP contribution in [0.5, 0.6) is 0 Å². The van der Waals surface area contributed by atoms with Crippen molar-refractivity contribution in [3.05, 3.63) is 71.1 Å². The van der Waals surface area contributed by atoms with Crippen molar-refractivity contribution in [3.63, 3.8) is 0 Å². The largest absolute Gasteiger partial charge is 0.447 e. The van der Waals surface area contributed by atoms with Gasteiger partial charge in [0, 0.05) is 51.4 Å². The molecule has 2 unspecified atom stereocenters. The summed E-state index contributed by atoms with van der Waals surface area (Å²) in [5, 5.41) is 7.47. The summed E-state index contributed by atoms with van der Waals surface area (Å²) in [5.41, 5.74) is -0.153. The number of hydrogen-bond acceptors (Lipinski definition) is 6. The molecule has 2 heterocycles. The van der Waals surface area contributed by atoms with E-state index in [0.29, 0.717) is 17.8 Å². The molecule has 5 rings (SSSR count). The first-order valence-corrected chi connectivity index (χ1v) is 14.3. The molecular formula is C30H36ClFN6O3. The van der Waals surface area contributed by atoms with Crippen molar-refractivity contribution >= 4 is 40.3 Å². The van der Waals surface area contributed by atoms with Gasteiger partial charge in [0.05, 0.1) is 10.6 Å². The maximum Gasteiger partial charge on any atom is 0.412 e. The van der Waals surface area contributed by atoms with Gasteiger partial charge >= 0.3 is 12.1 Å². The Kier molecular flexibility index (Phi) is 8.91. The summed E-state index contributed by atoms with van der Waals surface area (Å²) in [6, 6.07) is 13.7. The predicted molar refractivity (Wildman–Crippen MR) is 158 cm³/mol. The van der Waals surface area contributed by atoms with Crippen molar-refractivity contribution in [1.29, 1.82) is 0 Å². The number of piperazine rings is 1. The summed E-state index contributed by atoms with van der Waals surface area (Å²) in [5.74, 6) is 0.0280. The molecule has 0 radical (unpaired) electrons. The number of benzene rings is 2. The molecule has 0 spiro atoms. The van der Waals surface area contributed by atoms with Crippen molar-refractivity contribution < 1.29 is 18.7 Å². The molecule has 41 heavy (non-hydrogen) atoms. The van der Waals surface area contributed by atoms with E-state index in [1.807, 2.05) is 24.3 Å². The Labute approximate surface area is 244 Å². The van der Waals surface area contributed by atoms with Crippen molar-refractivity contribution in [1.82, 2.24) is 25.0 Å². The number of nitrogens with zero attached hydrogens (tertiary/aromatic N) is 4. The standard InChI is InChI=1S/C30H36ClFN6O3/c1-36-12-14-38(15-13-36)11-10-24-17-30(24,37(2)28(39)34-19-23-8-5-9-25(32)27(23)31)20-41-29(40)35-26-16-21-6-3-4-7-22(21)18-33-26/h3-9,16,18,24H,10-15,17,19-20H2,1-2H3,(H,34,39)(H,33,35,40). The first-order valence-electron chi connectivity index (χ1n) is 13.9. The maximum atomic E-state index is 13.9. The molecule has 218 valence electrons. The van der Waals surface area contributed by atoms with Crippen LogP contribution in [0.2, 0.25) is 5.02 Å². The summed E-state index contributed by atoms with van der Waals surface area (Å²) in [4.78, 5) is 36.7. The number of pyridine rings is 1. The lowest BCUT2D eigenvalue weighted by atomic mass is 10.1. The van der Waals surface area contributed by atoms with Crippen LogP contribution in [-0.2, 0) is 11.3 Å². The quantitative estimate of drug-likeness (QED) is 0.376. The second-order valence-corrected chi connectivity index (χ2v) is 11.4. The number of halogens is 2. The Hall–Kier alpha value is -3.47. The Morgan fingerprint density at radius 3 is 2.68 bits per heavy atom. The summed E-state index contributed by atoms with van der Waals surface area (Å²) >= 11 is 6.07. The summed E-state index contributed by atoms with van der Waals surface area (Å²) in [6.07, 6.45) is 2.67. The van der Waals surface area contributed by atoms with Crippen LogP contribution in [-0.4, -0.2) is 90.8 Å². The zero-order valence-electron chi connectivity index (χ0n) is 23.4. The van der Waals surface area contributed by atoms with Gasteiger partial charge in [-0.3, -0.25) is 5.32 Å². The SMILES string of the molecule is CN1CCN(CCC2CC2(COC(=O)Nc2cc3ccccc3cn2)N(C)C(=O)NCc2cccc(F)c2Cl)CC1. The number of urea groups is 1. The van der Waals surface area contributed by atoms with E-state index < -0.39 is 17.4 Å². The predicted octanol–water partition coefficient (Wildman–Crippen LogP) is 4.81. The normalized spacial score (nSPS) is 20.9. The maximum absolute atomic E-state index is 13.9. The van der Waals surface area contributed by atoms with E-state index >= 15 is 0 Å². The third-order valence-electron chi connectivity index (χ3n) is 8.34. The average Bonchev–Trinajstić information content (AvgIpc) is 3.70. The van der Waals surface area contributed by atoms with Crippen LogP contribution in [0.3, 0.4) is 0 Å². The van der Waals surface area contributed by atoms with Crippen LogP contribution in [0.1, 0.15) is 18.4 Å². The number of ether oxygens (including phenoxy) is 1. The molecule has 2 fully saturated rings. The third kappa shape index (κ3) is 6.89. The minimum atomic E-state index is -0.642. The minimum Gasteiger partial charge on any atom is -0.447 e. The fourth-order valence-corrected chi connectivity index (χ4v) is 5.69. The number of fused-ring (bicyclic) bond motifs is 1. The second kappa shape index (κ2) is 12.6. The third-order valence-corrected chi connectivity index (χ3v) is 8.76. The molecule has 1 aliphatic carbocycles. The Balaban J connectivity index is 1.22. The van der Waals surface area contributed by atoms with Crippen LogP contribution >= 0.6 is 11.6 Å². The summed E-state index contributed by atoms with van der Waals surface area (Å²) in [7, 11) is 3.84. The molecule has 2 atom stereocenters. The first-order chi connectivity index (χ1) is 19.7. The molecule has 0 bridgehead atoms. The van der Waals surface area contributed by atoms with E-state index in [4.69, 9.17) is 16.3 Å². The smallest absolute Gasteiger partial charge is 0.412 e. The van der Waals surface area contributed by atoms with Crippen LogP contribution in [0.4, 0.5) is 19.8 Å². The van der Waals surface area contributed by atoms with Gasteiger partial charge in [-0.25, -0.2) is 19.0 Å². The van der Waals surface area contributed by atoms with Crippen molar-refractivity contribution in [2.24, 2.45) is 5.92 Å². The van der Waals surface area contributed by atoms with Crippen LogP contribution < -0.4 is 10.6 Å². The molecule has 2 aliphatic rings. The number of likely N-dealkylation sites (N-methyl/N-ethyl adjacent to an activating group) is 2. The topological polar surface area (TPSA) is 90.0 Å². The number of carbonyl (C=O) groups is 2. The number of hydrogen-bond donors (Lipinski definition) is 2. The number of nitrogens with one attached hydrogen (secondary N) is 2. The fourth-order valence-electron chi connectivity index (χ4n) is 5.49. The highest BCUT2D eigenvalue weighted by molar-refractivity contribution is 6.31. The summed E-state index contributed by atoms with van der Waals surface area (Å²) in [6.45, 7) is 5.14. The Morgan fingerprint density at radius 1 is 1.15 bits per heavy atom. The molecule has 3 amide bonds. The highest BCUT2D eigenvalue weighted by atomic mass is 35.5. The lowest BCUT2D eigenvalue weighted by molar-refractivity contribution is 0.0967. The van der Waals surface area contributed by atoms with Gasteiger partial charge in [0.1, 0.15) is 18.2 Å². The van der Waals surface area contributed by atoms with E-state index in [0.717, 1.165) is 49.9 Å². The van der Waals surface area contributed by atoms with Gasteiger partial charge in [-0.1, -0.05) is 48.0 Å². The number of anilines is 1. The molecule has 11 heteroatoms. The first kappa shape index (κ1) is 29.0. The van der Waals surface area contributed by atoms with E-state index in [9.17, 15) is 14.0 Å². The zero-order chi connectivity index (χ0) is 29.0. The second-order valence-electron chi connectivity index (χ2n) is 11.0. The highest BCUT2D eigenvalue weighted by Crippen LogP contribution is 2.50. The van der Waals surface area contributed by atoms with Gasteiger partial charge < -0.3 is 24.8 Å². The molecule has 1 aliphatic heterocycles. The number of aromatic nitrogens is 1. The lowest BCUT2D eigenvalue weighted by Gasteiger charge is -2.33. The summed E-state index contributed by atoms with van der Waals surface area (Å²) < 4.78 is 19.5.